The van der Waals surface area contributed by atoms with Crippen LogP contribution in [-0.4, -0.2) is 118 Å². The molecule has 1 fully saturated rings. The Kier molecular flexibility index (Phi) is 6.97. The third-order valence-corrected chi connectivity index (χ3v) is 9.73. The maximum atomic E-state index is 14.1. The van der Waals surface area contributed by atoms with Gasteiger partial charge in [-0.3, -0.25) is 19.3 Å². The molecule has 1 heterocycles. The van der Waals surface area contributed by atoms with Crippen molar-refractivity contribution >= 4 is 23.2 Å². The summed E-state index contributed by atoms with van der Waals surface area (Å²) in [6, 6.07) is 2.29. The quantitative estimate of drug-likeness (QED) is 0.271. The highest BCUT2D eigenvalue weighted by atomic mass is 16.4. The molecule has 3 aliphatic carbocycles. The summed E-state index contributed by atoms with van der Waals surface area (Å²) in [6.45, 7) is 3.49. The molecule has 0 unspecified atom stereocenters. The number of aliphatic hydroxyl groups excluding tert-OH is 3. The van der Waals surface area contributed by atoms with E-state index in [9.17, 15) is 39.9 Å². The van der Waals surface area contributed by atoms with Gasteiger partial charge in [0, 0.05) is 24.6 Å². The number of nitrogens with two attached hydrogens (primary N) is 1. The number of carbonyl (C=O) groups excluding carboxylic acids is 3. The summed E-state index contributed by atoms with van der Waals surface area (Å²) in [5, 5.41) is 57.4. The van der Waals surface area contributed by atoms with Crippen molar-refractivity contribution in [3.05, 3.63) is 45.9 Å². The number of benzene rings is 1. The molecule has 222 valence electrons. The van der Waals surface area contributed by atoms with Crippen molar-refractivity contribution in [2.45, 2.75) is 49.5 Å². The Balaban J connectivity index is 1.67. The number of nitrogens with zero attached hydrogens (tertiary/aromatic N) is 3. The Labute approximate surface area is 237 Å². The van der Waals surface area contributed by atoms with Gasteiger partial charge in [0.2, 0.25) is 5.78 Å². The first kappa shape index (κ1) is 29.1. The predicted octanol–water partition coefficient (Wildman–Crippen LogP) is 0.183. The molecule has 41 heavy (non-hydrogen) atoms. The van der Waals surface area contributed by atoms with Crippen LogP contribution < -0.4 is 10.6 Å². The maximum absolute atomic E-state index is 14.1. The van der Waals surface area contributed by atoms with Crippen LogP contribution in [0.2, 0.25) is 0 Å². The molecular formula is C29H38N4O8. The van der Waals surface area contributed by atoms with Crippen LogP contribution in [-0.2, 0) is 9.59 Å². The Hall–Kier alpha value is -3.45. The number of aromatic hydroxyl groups is 1. The molecule has 1 aromatic rings. The molecule has 7 N–H and O–H groups in total. The molecule has 0 spiro atoms. The number of amides is 1. The number of likely N-dealkylation sites (N-methyl/N-ethyl adjacent to an activating group) is 1. The first-order valence-electron chi connectivity index (χ1n) is 13.8. The van der Waals surface area contributed by atoms with E-state index < -0.39 is 75.6 Å². The van der Waals surface area contributed by atoms with Crippen molar-refractivity contribution in [1.29, 1.82) is 0 Å². The van der Waals surface area contributed by atoms with Gasteiger partial charge < -0.3 is 41.1 Å². The van der Waals surface area contributed by atoms with Crippen LogP contribution >= 0.6 is 0 Å². The van der Waals surface area contributed by atoms with Gasteiger partial charge in [0.15, 0.2) is 11.4 Å². The molecule has 6 atom stereocenters. The molecular weight excluding hydrogens is 532 g/mol. The van der Waals surface area contributed by atoms with Gasteiger partial charge in [0.1, 0.15) is 22.8 Å². The monoisotopic (exact) mass is 570 g/mol. The zero-order chi connectivity index (χ0) is 30.3. The first-order chi connectivity index (χ1) is 19.2. The van der Waals surface area contributed by atoms with E-state index in [1.54, 1.807) is 19.1 Å². The number of aliphatic hydroxyl groups is 4. The number of likely N-dealkylation sites (tertiary alicyclic amines) is 1. The number of anilines is 1. The lowest BCUT2D eigenvalue weighted by Gasteiger charge is -2.53. The molecule has 1 aromatic carbocycles. The van der Waals surface area contributed by atoms with Crippen LogP contribution in [0.3, 0.4) is 0 Å². The van der Waals surface area contributed by atoms with Gasteiger partial charge >= 0.3 is 0 Å². The lowest BCUT2D eigenvalue weighted by molar-refractivity contribution is -0.162. The van der Waals surface area contributed by atoms with Crippen molar-refractivity contribution in [3.63, 3.8) is 0 Å². The number of phenolic OH excluding ortho intramolecular Hbond substituents is 1. The molecule has 1 aliphatic heterocycles. The molecule has 4 aliphatic rings. The molecule has 5 rings (SSSR count). The van der Waals surface area contributed by atoms with E-state index in [4.69, 9.17) is 5.73 Å². The summed E-state index contributed by atoms with van der Waals surface area (Å²) in [4.78, 5) is 45.3. The topological polar surface area (TPSA) is 188 Å². The van der Waals surface area contributed by atoms with Gasteiger partial charge in [-0.1, -0.05) is 13.0 Å². The Morgan fingerprint density at radius 3 is 2.27 bits per heavy atom. The highest BCUT2D eigenvalue weighted by molar-refractivity contribution is 6.25. The van der Waals surface area contributed by atoms with Gasteiger partial charge in [-0.15, -0.1) is 0 Å². The summed E-state index contributed by atoms with van der Waals surface area (Å²) in [7, 11) is 6.90. The third kappa shape index (κ3) is 3.92. The lowest BCUT2D eigenvalue weighted by atomic mass is 9.55. The number of fused-ring (bicyclic) bond motifs is 3. The molecule has 12 heteroatoms. The number of carbonyl (C=O) groups is 3. The second-order valence-corrected chi connectivity index (χ2v) is 12.1. The molecule has 12 nitrogen and oxygen atoms in total. The predicted molar refractivity (Wildman–Crippen MR) is 149 cm³/mol. The van der Waals surface area contributed by atoms with E-state index in [0.717, 1.165) is 25.9 Å². The number of ketones is 2. The number of primary amides is 1. The molecule has 0 saturated carbocycles. The first-order valence-corrected chi connectivity index (χ1v) is 13.8. The van der Waals surface area contributed by atoms with Crippen LogP contribution in [0.4, 0.5) is 5.69 Å². The maximum Gasteiger partial charge on any atom is 0.255 e. The summed E-state index contributed by atoms with van der Waals surface area (Å²) in [5.74, 6) is -8.88. The van der Waals surface area contributed by atoms with Crippen molar-refractivity contribution in [1.82, 2.24) is 9.80 Å². The minimum Gasteiger partial charge on any atom is -0.510 e. The third-order valence-electron chi connectivity index (χ3n) is 9.73. The Morgan fingerprint density at radius 1 is 1.10 bits per heavy atom. The van der Waals surface area contributed by atoms with Crippen molar-refractivity contribution in [3.8, 4) is 5.75 Å². The van der Waals surface area contributed by atoms with Crippen LogP contribution in [0.25, 0.3) is 0 Å². The SMILES string of the molecule is C[C@H]1c2ccc(N(C)C3CCN(C)CC3)c(O)c2C(=O)C2=C(O)[C@]3(O)C(=O)C(C(N)=O)=C(O)[C@@H](N(C)C)[C@@H]3[C@@H](O)[C@@H]21. The standard InChI is InChI=1S/C29H38N4O8/c1-12-14-6-7-15(33(5)13-8-10-32(4)11-9-13)22(34)17(14)23(35)18-16(12)24(36)20-21(31(2)3)25(37)19(28(30)40)27(39)29(20,41)26(18)38/h6-7,12-13,16,20-21,24,34,36-38,41H,8-11H2,1-5H3,(H2,30,40)/t12-,16+,20+,21-,24-,29-/m0/s1. The number of rotatable bonds is 4. The van der Waals surface area contributed by atoms with E-state index >= 15 is 0 Å². The fourth-order valence-corrected chi connectivity index (χ4v) is 7.48. The number of phenols is 1. The molecule has 1 amide bonds. The summed E-state index contributed by atoms with van der Waals surface area (Å²) in [6.07, 6.45) is 0.107. The second-order valence-electron chi connectivity index (χ2n) is 12.1. The van der Waals surface area contributed by atoms with Gasteiger partial charge in [-0.05, 0) is 64.6 Å². The van der Waals surface area contributed by atoms with Crippen LogP contribution in [0.1, 0.15) is 41.6 Å². The van der Waals surface area contributed by atoms with Gasteiger partial charge in [0.25, 0.3) is 5.91 Å². The van der Waals surface area contributed by atoms with E-state index in [0.29, 0.717) is 11.3 Å². The van der Waals surface area contributed by atoms with Crippen molar-refractivity contribution in [2.75, 3.05) is 46.2 Å². The lowest BCUT2D eigenvalue weighted by Crippen LogP contribution is -2.68. The van der Waals surface area contributed by atoms with Gasteiger partial charge in [-0.25, -0.2) is 0 Å². The second kappa shape index (κ2) is 9.83. The van der Waals surface area contributed by atoms with Crippen LogP contribution in [0.15, 0.2) is 34.8 Å². The summed E-state index contributed by atoms with van der Waals surface area (Å²) >= 11 is 0. The number of Topliss-reactive ketones (excluding diaryl/α,β-unsaturated/α-hetero) is 2. The fraction of sp³-hybridized carbons (Fsp3) is 0.552. The van der Waals surface area contributed by atoms with Crippen molar-refractivity contribution in [2.24, 2.45) is 17.6 Å². The van der Waals surface area contributed by atoms with E-state index in [-0.39, 0.29) is 17.4 Å². The Morgan fingerprint density at radius 2 is 1.71 bits per heavy atom. The smallest absolute Gasteiger partial charge is 0.255 e. The molecule has 0 aromatic heterocycles. The highest BCUT2D eigenvalue weighted by Crippen LogP contribution is 2.56. The largest absolute Gasteiger partial charge is 0.510 e. The van der Waals surface area contributed by atoms with Gasteiger partial charge in [0.05, 0.1) is 29.3 Å². The molecule has 1 saturated heterocycles. The molecule has 0 radical (unpaired) electrons. The Bertz CT molecular complexity index is 1400. The summed E-state index contributed by atoms with van der Waals surface area (Å²) < 4.78 is 0. The van der Waals surface area contributed by atoms with Crippen LogP contribution in [0, 0.1) is 11.8 Å². The normalized spacial score (nSPS) is 32.6. The van der Waals surface area contributed by atoms with Gasteiger partial charge in [-0.2, -0.15) is 0 Å². The fourth-order valence-electron chi connectivity index (χ4n) is 7.48. The number of hydrogen-bond acceptors (Lipinski definition) is 11. The summed E-state index contributed by atoms with van der Waals surface area (Å²) in [5.41, 5.74) is 1.91. The van der Waals surface area contributed by atoms with E-state index in [2.05, 4.69) is 4.90 Å². The van der Waals surface area contributed by atoms with E-state index in [1.165, 1.54) is 19.0 Å². The van der Waals surface area contributed by atoms with E-state index in [1.807, 2.05) is 19.0 Å². The number of piperidine rings is 1. The molecule has 0 bridgehead atoms. The zero-order valence-electron chi connectivity index (χ0n) is 23.8. The van der Waals surface area contributed by atoms with Crippen LogP contribution in [0.5, 0.6) is 5.75 Å². The average Bonchev–Trinajstić information content (AvgIpc) is 2.90. The highest BCUT2D eigenvalue weighted by Gasteiger charge is 2.67. The number of hydrogen-bond donors (Lipinski definition) is 6. The average molecular weight is 571 g/mol. The minimum absolute atomic E-state index is 0.0808. The zero-order valence-corrected chi connectivity index (χ0v) is 23.8. The minimum atomic E-state index is -2.93. The van der Waals surface area contributed by atoms with Crippen molar-refractivity contribution < 1.29 is 39.9 Å².